The molecule has 3 nitrogen and oxygen atoms in total. The van der Waals surface area contributed by atoms with E-state index in [1.807, 2.05) is 18.2 Å². The van der Waals surface area contributed by atoms with Gasteiger partial charge < -0.3 is 4.18 Å². The lowest BCUT2D eigenvalue weighted by atomic mass is 10.1. The predicted molar refractivity (Wildman–Crippen MR) is 95.4 cm³/mol. The predicted octanol–water partition coefficient (Wildman–Crippen LogP) is 5.65. The van der Waals surface area contributed by atoms with Crippen molar-refractivity contribution in [3.8, 4) is 5.75 Å². The van der Waals surface area contributed by atoms with Crippen molar-refractivity contribution in [3.05, 3.63) is 38.4 Å². The highest BCUT2D eigenvalue weighted by atomic mass is 127. The Balaban J connectivity index is 2.21. The summed E-state index contributed by atoms with van der Waals surface area (Å²) in [5.74, 6) is -0.389. The normalized spacial score (nSPS) is 12.9. The number of hydrogen-bond donors (Lipinski definition) is 0. The first-order chi connectivity index (χ1) is 10.6. The van der Waals surface area contributed by atoms with E-state index in [9.17, 15) is 21.6 Å². The molecule has 0 saturated carbocycles. The van der Waals surface area contributed by atoms with Gasteiger partial charge in [0.05, 0.1) is 0 Å². The van der Waals surface area contributed by atoms with E-state index >= 15 is 0 Å². The summed E-state index contributed by atoms with van der Waals surface area (Å²) in [5.41, 5.74) is -5.47. The number of alkyl halides is 3. The molecule has 0 bridgehead atoms. The van der Waals surface area contributed by atoms with E-state index in [1.54, 1.807) is 0 Å². The van der Waals surface area contributed by atoms with E-state index in [0.29, 0.717) is 9.86 Å². The number of hydrogen-bond acceptors (Lipinski definition) is 4. The van der Waals surface area contributed by atoms with Gasteiger partial charge in [-0.25, -0.2) is 0 Å². The van der Waals surface area contributed by atoms with E-state index in [2.05, 4.69) is 42.7 Å². The second kappa shape index (κ2) is 5.74. The molecule has 3 rings (SSSR count). The molecule has 10 heteroatoms. The second-order valence-corrected chi connectivity index (χ2v) is 9.20. The first kappa shape index (κ1) is 17.2. The largest absolute Gasteiger partial charge is 0.534 e. The molecule has 0 radical (unpaired) electrons. The third-order valence-corrected chi connectivity index (χ3v) is 6.71. The Bertz CT molecular complexity index is 1030. The van der Waals surface area contributed by atoms with Crippen molar-refractivity contribution in [1.29, 1.82) is 0 Å². The lowest BCUT2D eigenvalue weighted by Gasteiger charge is -2.10. The van der Waals surface area contributed by atoms with Gasteiger partial charge in [0, 0.05) is 28.2 Å². The Morgan fingerprint density at radius 3 is 2.48 bits per heavy atom. The first-order valence-corrected chi connectivity index (χ1v) is 10.0. The number of benzene rings is 2. The first-order valence-electron chi connectivity index (χ1n) is 5.90. The van der Waals surface area contributed by atoms with E-state index in [0.717, 1.165) is 18.4 Å². The maximum atomic E-state index is 12.5. The summed E-state index contributed by atoms with van der Waals surface area (Å²) in [6.45, 7) is 0. The maximum absolute atomic E-state index is 12.5. The van der Waals surface area contributed by atoms with Crippen LogP contribution >= 0.6 is 49.9 Å². The summed E-state index contributed by atoms with van der Waals surface area (Å²) in [6, 6.07) is 8.21. The molecule has 0 spiro atoms. The molecule has 0 aliphatic heterocycles. The average molecular weight is 537 g/mol. The molecule has 23 heavy (non-hydrogen) atoms. The van der Waals surface area contributed by atoms with Gasteiger partial charge in [0.1, 0.15) is 5.75 Å². The van der Waals surface area contributed by atoms with Crippen molar-refractivity contribution in [3.63, 3.8) is 0 Å². The lowest BCUT2D eigenvalue weighted by molar-refractivity contribution is -0.0500. The standard InChI is InChI=1S/C13H5BrF3IO3S2/c14-10-5-7(21-23(19,20)13(15,16)17)4-9-8-3-6(18)1-2-11(8)22-12(9)10/h1-5H. The zero-order valence-electron chi connectivity index (χ0n) is 10.8. The van der Waals surface area contributed by atoms with E-state index in [4.69, 9.17) is 0 Å². The molecule has 2 aromatic carbocycles. The number of fused-ring (bicyclic) bond motifs is 3. The number of rotatable bonds is 2. The maximum Gasteiger partial charge on any atom is 0.534 e. The molecule has 0 saturated heterocycles. The monoisotopic (exact) mass is 536 g/mol. The fraction of sp³-hybridized carbons (Fsp3) is 0.0769. The van der Waals surface area contributed by atoms with Crippen molar-refractivity contribution in [2.45, 2.75) is 5.51 Å². The van der Waals surface area contributed by atoms with Gasteiger partial charge in [-0.05, 0) is 68.9 Å². The Labute approximate surface area is 154 Å². The van der Waals surface area contributed by atoms with Gasteiger partial charge in [0.25, 0.3) is 0 Å². The van der Waals surface area contributed by atoms with Crippen LogP contribution in [0.25, 0.3) is 20.2 Å². The number of thiophene rings is 1. The van der Waals surface area contributed by atoms with Crippen molar-refractivity contribution in [2.24, 2.45) is 0 Å². The van der Waals surface area contributed by atoms with Crippen LogP contribution in [-0.4, -0.2) is 13.9 Å². The highest BCUT2D eigenvalue weighted by Crippen LogP contribution is 2.41. The van der Waals surface area contributed by atoms with Gasteiger partial charge in [-0.1, -0.05) is 0 Å². The van der Waals surface area contributed by atoms with Crippen LogP contribution in [0.4, 0.5) is 13.2 Å². The average Bonchev–Trinajstić information content (AvgIpc) is 2.76. The summed E-state index contributed by atoms with van der Waals surface area (Å²) in [5, 5.41) is 1.46. The van der Waals surface area contributed by atoms with Gasteiger partial charge in [-0.3, -0.25) is 0 Å². The minimum atomic E-state index is -5.70. The lowest BCUT2D eigenvalue weighted by Crippen LogP contribution is -2.28. The smallest absolute Gasteiger partial charge is 0.376 e. The highest BCUT2D eigenvalue weighted by Gasteiger charge is 2.48. The van der Waals surface area contributed by atoms with Crippen LogP contribution in [0.3, 0.4) is 0 Å². The molecule has 3 aromatic rings. The van der Waals surface area contributed by atoms with Gasteiger partial charge in [0.2, 0.25) is 0 Å². The molecule has 0 aliphatic carbocycles. The van der Waals surface area contributed by atoms with E-state index < -0.39 is 15.6 Å². The molecule has 0 unspecified atom stereocenters. The summed E-state index contributed by atoms with van der Waals surface area (Å²) in [6.07, 6.45) is 0. The molecule has 1 aromatic heterocycles. The zero-order valence-corrected chi connectivity index (χ0v) is 16.2. The fourth-order valence-corrected chi connectivity index (χ4v) is 4.69. The second-order valence-electron chi connectivity index (χ2n) is 4.51. The number of halogens is 5. The Kier molecular flexibility index (Phi) is 4.30. The Hall–Kier alpha value is -0.590. The molecule has 0 amide bonds. The van der Waals surface area contributed by atoms with Crippen LogP contribution in [0.15, 0.2) is 34.8 Å². The summed E-state index contributed by atoms with van der Waals surface area (Å²) < 4.78 is 67.1. The third-order valence-electron chi connectivity index (χ3n) is 2.95. The Morgan fingerprint density at radius 2 is 1.83 bits per heavy atom. The molecular formula is C13H5BrF3IO3S2. The molecule has 0 fully saturated rings. The van der Waals surface area contributed by atoms with E-state index in [-0.39, 0.29) is 5.75 Å². The molecular weight excluding hydrogens is 532 g/mol. The molecule has 0 atom stereocenters. The summed E-state index contributed by atoms with van der Waals surface area (Å²) in [7, 11) is -5.70. The molecule has 122 valence electrons. The van der Waals surface area contributed by atoms with Crippen LogP contribution in [0.5, 0.6) is 5.75 Å². The van der Waals surface area contributed by atoms with Crippen LogP contribution in [0.1, 0.15) is 0 Å². The van der Waals surface area contributed by atoms with Gasteiger partial charge in [0.15, 0.2) is 0 Å². The quantitative estimate of drug-likeness (QED) is 0.241. The molecule has 1 heterocycles. The van der Waals surface area contributed by atoms with Crippen molar-refractivity contribution < 1.29 is 25.8 Å². The van der Waals surface area contributed by atoms with Crippen molar-refractivity contribution in [2.75, 3.05) is 0 Å². The SMILES string of the molecule is O=S(=O)(Oc1cc(Br)c2sc3ccc(I)cc3c2c1)C(F)(F)F. The van der Waals surface area contributed by atoms with Gasteiger partial charge >= 0.3 is 15.6 Å². The topological polar surface area (TPSA) is 43.4 Å². The van der Waals surface area contributed by atoms with Crippen molar-refractivity contribution in [1.82, 2.24) is 0 Å². The Morgan fingerprint density at radius 1 is 1.13 bits per heavy atom. The van der Waals surface area contributed by atoms with Gasteiger partial charge in [-0.15, -0.1) is 11.3 Å². The highest BCUT2D eigenvalue weighted by molar-refractivity contribution is 14.1. The fourth-order valence-electron chi connectivity index (χ4n) is 2.01. The van der Waals surface area contributed by atoms with Crippen LogP contribution in [0, 0.1) is 3.57 Å². The van der Waals surface area contributed by atoms with Crippen molar-refractivity contribution >= 4 is 80.1 Å². The van der Waals surface area contributed by atoms with Gasteiger partial charge in [-0.2, -0.15) is 21.6 Å². The van der Waals surface area contributed by atoms with Crippen LogP contribution in [0.2, 0.25) is 0 Å². The molecule has 0 N–H and O–H groups in total. The minimum absolute atomic E-state index is 0.389. The molecule has 0 aliphatic rings. The minimum Gasteiger partial charge on any atom is -0.376 e. The van der Waals surface area contributed by atoms with Crippen LogP contribution < -0.4 is 4.18 Å². The summed E-state index contributed by atoms with van der Waals surface area (Å²) in [4.78, 5) is 0. The van der Waals surface area contributed by atoms with E-state index in [1.165, 1.54) is 23.5 Å². The zero-order chi connectivity index (χ0) is 17.0. The summed E-state index contributed by atoms with van der Waals surface area (Å²) >= 11 is 6.83. The third kappa shape index (κ3) is 3.17. The van der Waals surface area contributed by atoms with Crippen LogP contribution in [-0.2, 0) is 10.1 Å².